The number of hydrogen-bond donors (Lipinski definition) is 0. The zero-order valence-electron chi connectivity index (χ0n) is 40.1. The monoisotopic (exact) mass is 1920 g/mol. The Hall–Kier alpha value is 7.31. The van der Waals surface area contributed by atoms with E-state index in [0.29, 0.717) is 12.3 Å². The lowest BCUT2D eigenvalue weighted by Gasteiger charge is -2.50. The molecule has 0 bridgehead atoms. The molecule has 2 aromatic rings. The number of benzene rings is 2. The van der Waals surface area contributed by atoms with Crippen molar-refractivity contribution in [2.45, 2.75) is 59.0 Å². The standard InChI is InChI=1S/C30H40ClN3O2.S44/c1-22(35)32-16-14-23(15-17-32)20-28(36)34-19-18-33(21-27(34)30(2,3)4)29(24-8-6-5-7-9-24)25-10-12-26(31)13-11-25;1-3-5-7-9-11-13-15-17-19-21-23-25-27-29-31-33-35-37-39-41-43-44-42-40-38-36-34-32-30-28-26-24-22-20-18-16-14-12-10-8-6-4-2/h5-13,23,27,29H,14-21H2,1-4H3;/t27-,29?;/m1./s1. The van der Waals surface area contributed by atoms with Crippen LogP contribution in [0.2, 0.25) is 5.02 Å². The first-order valence-corrected chi connectivity index (χ1v) is 78.1. The van der Waals surface area contributed by atoms with Crippen molar-refractivity contribution in [1.29, 1.82) is 0 Å². The molecule has 2 amide bonds. The number of amides is 2. The van der Waals surface area contributed by atoms with Gasteiger partial charge in [0.1, 0.15) is 0 Å². The number of nitrogens with zero attached hydrogens (tertiary/aromatic N) is 3. The minimum absolute atomic E-state index is 0.0481. The van der Waals surface area contributed by atoms with Gasteiger partial charge >= 0.3 is 0 Å². The van der Waals surface area contributed by atoms with E-state index in [1.54, 1.807) is 113 Å². The summed E-state index contributed by atoms with van der Waals surface area (Å²) in [5.41, 5.74) is 2.42. The van der Waals surface area contributed by atoms with Crippen LogP contribution in [-0.4, -0.2) is 65.3 Å². The highest BCUT2D eigenvalue weighted by molar-refractivity contribution is 8.81. The van der Waals surface area contributed by atoms with Crippen LogP contribution in [0.4, 0.5) is 0 Å². The summed E-state index contributed by atoms with van der Waals surface area (Å²) in [5, 5.41) is 0.739. The maximum absolute atomic E-state index is 13.6. The zero-order valence-corrected chi connectivity index (χ0v) is 76.8. The van der Waals surface area contributed by atoms with Gasteiger partial charge in [0.05, 0.1) is 6.04 Å². The van der Waals surface area contributed by atoms with Gasteiger partial charge in [0.25, 0.3) is 0 Å². The quantitative estimate of drug-likeness (QED) is 0.395. The van der Waals surface area contributed by atoms with E-state index in [2.05, 4.69) is 73.0 Å². The van der Waals surface area contributed by atoms with E-state index in [0.717, 1.165) is 50.6 Å². The molecule has 0 aromatic heterocycles. The number of halogens is 1. The molecular weight excluding hydrogens is 1880 g/mol. The van der Waals surface area contributed by atoms with Crippen molar-refractivity contribution in [2.75, 3.05) is 32.7 Å². The first-order valence-electron chi connectivity index (χ1n) is 20.4. The van der Waals surface area contributed by atoms with E-state index in [9.17, 15) is 9.59 Å². The van der Waals surface area contributed by atoms with Crippen LogP contribution < -0.4 is 0 Å². The Morgan fingerprint density at radius 2 is 0.787 bits per heavy atom. The number of carbonyl (C=O) groups is 2. The fourth-order valence-corrected chi connectivity index (χ4v) is 116. The van der Waals surface area contributed by atoms with Gasteiger partial charge in [0.15, 0.2) is 0 Å². The normalized spacial score (nSPS) is 13.6. The lowest BCUT2D eigenvalue weighted by molar-refractivity contribution is -0.141. The number of hydrogen-bond acceptors (Lipinski definition) is 5. The molecule has 50 heteroatoms. The fourth-order valence-electron chi connectivity index (χ4n) is 6.24. The van der Waals surface area contributed by atoms with E-state index in [1.807, 2.05) is 266 Å². The molecule has 2 aromatic carbocycles. The molecule has 80 heavy (non-hydrogen) atoms. The van der Waals surface area contributed by atoms with Crippen molar-refractivity contribution in [1.82, 2.24) is 14.7 Å². The zero-order chi connectivity index (χ0) is 57.6. The highest BCUT2D eigenvalue weighted by Crippen LogP contribution is 2.36. The molecule has 2 heterocycles. The number of likely N-dealkylation sites (tertiary alicyclic amines) is 1. The maximum atomic E-state index is 13.6. The lowest BCUT2D eigenvalue weighted by Crippen LogP contribution is -2.60. The van der Waals surface area contributed by atoms with Gasteiger partial charge in [-0.1, -0.05) is 74.8 Å². The molecular formula is C30H40ClN3O2S44. The summed E-state index contributed by atoms with van der Waals surface area (Å²) in [6, 6.07) is 19.0. The molecule has 458 valence electrons. The molecule has 2 aliphatic heterocycles. The Morgan fingerprint density at radius 3 is 1.09 bits per heavy atom. The molecule has 0 saturated carbocycles. The van der Waals surface area contributed by atoms with Crippen LogP contribution in [-0.2, 0) is 405 Å². The predicted octanol–water partition coefficient (Wildman–Crippen LogP) is 5.53. The van der Waals surface area contributed by atoms with Crippen LogP contribution >= 0.6 is 11.6 Å². The van der Waals surface area contributed by atoms with Crippen LogP contribution in [0, 0.1) is 11.3 Å². The van der Waals surface area contributed by atoms with Gasteiger partial charge in [-0.25, -0.2) is 0 Å². The molecule has 4 rings (SSSR count). The number of piperazine rings is 1. The van der Waals surface area contributed by atoms with Crippen molar-refractivity contribution in [3.05, 3.63) is 70.7 Å². The van der Waals surface area contributed by atoms with E-state index in [4.69, 9.17) is 34.0 Å². The minimum Gasteiger partial charge on any atom is -0.343 e. The molecule has 0 N–H and O–H groups in total. The largest absolute Gasteiger partial charge is 0.343 e. The molecule has 2 atom stereocenters. The van der Waals surface area contributed by atoms with E-state index >= 15 is 0 Å². The first-order chi connectivity index (χ1) is 39.0. The topological polar surface area (TPSA) is 43.9 Å². The maximum Gasteiger partial charge on any atom is 0.223 e. The summed E-state index contributed by atoms with van der Waals surface area (Å²) in [7, 11) is 74.7. The Bertz CT molecular complexity index is 4330. The molecule has 2 aliphatic rings. The van der Waals surface area contributed by atoms with Crippen molar-refractivity contribution >= 4 is 419 Å². The second-order valence-electron chi connectivity index (χ2n) is 14.3. The average Bonchev–Trinajstić information content (AvgIpc) is 3.57. The highest BCUT2D eigenvalue weighted by Gasteiger charge is 2.40. The van der Waals surface area contributed by atoms with Gasteiger partial charge in [-0.05, 0) is 47.4 Å². The smallest absolute Gasteiger partial charge is 0.223 e. The van der Waals surface area contributed by atoms with Crippen molar-refractivity contribution in [2.24, 2.45) is 11.3 Å². The van der Waals surface area contributed by atoms with Crippen molar-refractivity contribution in [3.8, 4) is 0 Å². The molecule has 0 radical (unpaired) electrons. The van der Waals surface area contributed by atoms with Gasteiger partial charge in [0.2, 0.25) is 11.8 Å². The molecule has 0 aliphatic carbocycles. The highest BCUT2D eigenvalue weighted by atomic mass is 35.5. The van der Waals surface area contributed by atoms with E-state index in [1.165, 1.54) is 28.9 Å². The van der Waals surface area contributed by atoms with Crippen LogP contribution in [0.3, 0.4) is 0 Å². The third-order valence-electron chi connectivity index (χ3n) is 9.06. The first kappa shape index (κ1) is 81.5. The van der Waals surface area contributed by atoms with Gasteiger partial charge in [-0.2, -0.15) is 0 Å². The van der Waals surface area contributed by atoms with E-state index in [-0.39, 0.29) is 29.3 Å². The van der Waals surface area contributed by atoms with Crippen molar-refractivity contribution in [3.63, 3.8) is 0 Å². The lowest BCUT2D eigenvalue weighted by atomic mass is 9.82. The Morgan fingerprint density at radius 1 is 0.475 bits per heavy atom. The van der Waals surface area contributed by atoms with Crippen molar-refractivity contribution < 1.29 is 9.59 Å². The summed E-state index contributed by atoms with van der Waals surface area (Å²) in [6.45, 7) is 12.3. The summed E-state index contributed by atoms with van der Waals surface area (Å²) < 4.78 is 0. The summed E-state index contributed by atoms with van der Waals surface area (Å²) in [4.78, 5) is 31.9. The van der Waals surface area contributed by atoms with Crippen LogP contribution in [0.25, 0.3) is 0 Å². The second kappa shape index (κ2) is 56.6. The number of carbonyl (C=O) groups excluding carboxylic acids is 2. The van der Waals surface area contributed by atoms with Gasteiger partial charge in [0, 0.05) is 452 Å². The van der Waals surface area contributed by atoms with Crippen LogP contribution in [0.15, 0.2) is 54.6 Å². The summed E-state index contributed by atoms with van der Waals surface area (Å²) in [6.07, 6.45) is 2.41. The number of rotatable bonds is 5. The SMILES string of the molecule is CC(=O)N1CCC(CC(=O)N2CCN(C(c3ccccc3)c3ccc(Cl)cc3)C[C@@H]2C(C)(C)C)CC1.S=S=S=S=S=S=S=S=S=S=S=S=S=S=S=S=S=S=S=S=S=S=S=S=S=S=S=S=S=S=S=S=S=S=S=S=S=S=S=S=S=S=S=S. The van der Waals surface area contributed by atoms with Gasteiger partial charge in [-0.3, -0.25) is 14.5 Å². The van der Waals surface area contributed by atoms with Gasteiger partial charge < -0.3 is 9.80 Å². The molecule has 1 unspecified atom stereocenters. The molecule has 2 saturated heterocycles. The average molecular weight is 1920 g/mol. The minimum atomic E-state index is -0.0481. The van der Waals surface area contributed by atoms with E-state index < -0.39 is 0 Å². The summed E-state index contributed by atoms with van der Waals surface area (Å²) in [5.74, 6) is 0.758. The third kappa shape index (κ3) is 42.6. The summed E-state index contributed by atoms with van der Waals surface area (Å²) >= 11 is 15.8. The molecule has 2 fully saturated rings. The number of piperidine rings is 1. The molecule has 0 spiro atoms. The fraction of sp³-hybridized carbons (Fsp3) is 0.533. The Kier molecular flexibility index (Phi) is 57.7. The van der Waals surface area contributed by atoms with Crippen LogP contribution in [0.1, 0.15) is 64.1 Å². The van der Waals surface area contributed by atoms with Crippen LogP contribution in [0.5, 0.6) is 0 Å². The van der Waals surface area contributed by atoms with Gasteiger partial charge in [-0.15, -0.1) is 0 Å². The second-order valence-corrected chi connectivity index (χ2v) is 89.1. The third-order valence-corrected chi connectivity index (χ3v) is 100. The molecule has 5 nitrogen and oxygen atoms in total. The Labute approximate surface area is 603 Å². The Balaban J connectivity index is 0.000000427. The predicted molar refractivity (Wildman–Crippen MR) is 470 cm³/mol.